The van der Waals surface area contributed by atoms with E-state index in [4.69, 9.17) is 4.74 Å². The maximum absolute atomic E-state index is 12.4. The topological polar surface area (TPSA) is 29.6 Å². The summed E-state index contributed by atoms with van der Waals surface area (Å²) in [7, 11) is 0. The van der Waals surface area contributed by atoms with Crippen LogP contribution in [-0.2, 0) is 9.53 Å². The molecule has 0 aromatic heterocycles. The molecule has 2 aliphatic carbocycles. The summed E-state index contributed by atoms with van der Waals surface area (Å²) in [5.74, 6) is 0.292. The van der Waals surface area contributed by atoms with Crippen molar-refractivity contribution < 1.29 is 9.53 Å². The van der Waals surface area contributed by atoms with Crippen molar-refractivity contribution in [2.75, 3.05) is 0 Å². The van der Waals surface area contributed by atoms with E-state index in [1.807, 2.05) is 6.92 Å². The molecule has 2 fully saturated rings. The molecular weight excluding hydrogens is 188 g/mol. The predicted molar refractivity (Wildman–Crippen MR) is 57.5 cm³/mol. The molecule has 2 heteroatoms. The second kappa shape index (κ2) is 1.84. The Balaban J connectivity index is 2.29. The molecule has 1 heterocycles. The minimum Gasteiger partial charge on any atom is -0.361 e. The van der Waals surface area contributed by atoms with Crippen LogP contribution in [0.4, 0.5) is 0 Å². The average Bonchev–Trinajstić information content (AvgIpc) is 2.71. The van der Waals surface area contributed by atoms with Crippen molar-refractivity contribution in [3.63, 3.8) is 0 Å². The fourth-order valence-electron chi connectivity index (χ4n) is 4.53. The van der Waals surface area contributed by atoms with Gasteiger partial charge in [0.1, 0.15) is 11.2 Å². The van der Waals surface area contributed by atoms with E-state index in [9.17, 15) is 4.79 Å². The van der Waals surface area contributed by atoms with Gasteiger partial charge >= 0.3 is 0 Å². The molecular formula is C13H18O2. The van der Waals surface area contributed by atoms with Crippen LogP contribution < -0.4 is 0 Å². The van der Waals surface area contributed by atoms with Crippen molar-refractivity contribution in [3.8, 4) is 0 Å². The highest BCUT2D eigenvalue weighted by molar-refractivity contribution is 6.08. The van der Waals surface area contributed by atoms with Crippen LogP contribution >= 0.6 is 0 Å². The van der Waals surface area contributed by atoms with Gasteiger partial charge in [0.15, 0.2) is 5.78 Å². The minimum absolute atomic E-state index is 0.0874. The highest BCUT2D eigenvalue weighted by atomic mass is 16.6. The standard InChI is InChI=1S/C13H18O2/c1-7-8(2)10(3)11(4,9(7)14)13(6)12(10,5)15-13/h1-6H3/t10-,11+,12+,13+/m0/s1. The second-order valence-electron chi connectivity index (χ2n) is 6.00. The molecule has 0 spiro atoms. The summed E-state index contributed by atoms with van der Waals surface area (Å²) in [6.07, 6.45) is 0. The van der Waals surface area contributed by atoms with Crippen LogP contribution in [0, 0.1) is 10.8 Å². The molecule has 1 saturated heterocycles. The number of carbonyl (C=O) groups excluding carboxylic acids is 1. The summed E-state index contributed by atoms with van der Waals surface area (Å²) >= 11 is 0. The first-order chi connectivity index (χ1) is 6.68. The number of ketones is 1. The first kappa shape index (κ1) is 9.59. The van der Waals surface area contributed by atoms with E-state index in [1.165, 1.54) is 5.57 Å². The molecule has 0 amide bonds. The van der Waals surface area contributed by atoms with Crippen LogP contribution in [-0.4, -0.2) is 17.0 Å². The first-order valence-corrected chi connectivity index (χ1v) is 5.61. The molecule has 15 heavy (non-hydrogen) atoms. The fourth-order valence-corrected chi connectivity index (χ4v) is 4.53. The van der Waals surface area contributed by atoms with Crippen molar-refractivity contribution in [1.29, 1.82) is 0 Å². The third kappa shape index (κ3) is 0.490. The van der Waals surface area contributed by atoms with E-state index in [-0.39, 0.29) is 22.0 Å². The van der Waals surface area contributed by atoms with E-state index < -0.39 is 0 Å². The third-order valence-corrected chi connectivity index (χ3v) is 6.29. The van der Waals surface area contributed by atoms with Crippen LogP contribution in [0.1, 0.15) is 41.5 Å². The van der Waals surface area contributed by atoms with Crippen LogP contribution in [0.5, 0.6) is 0 Å². The number of allylic oxidation sites excluding steroid dienone is 1. The number of hydrogen-bond donors (Lipinski definition) is 0. The first-order valence-electron chi connectivity index (χ1n) is 5.61. The van der Waals surface area contributed by atoms with Gasteiger partial charge in [0.05, 0.1) is 5.41 Å². The molecule has 0 unspecified atom stereocenters. The number of epoxide rings is 1. The van der Waals surface area contributed by atoms with Gasteiger partial charge in [0.25, 0.3) is 0 Å². The summed E-state index contributed by atoms with van der Waals surface area (Å²) in [6, 6.07) is 0. The SMILES string of the molecule is CC1=C(C)[C@]2(C)[C@@]3(C)O[C@]3(C)[C@]2(C)C1=O. The van der Waals surface area contributed by atoms with Gasteiger partial charge in [-0.15, -0.1) is 0 Å². The molecule has 0 aromatic rings. The van der Waals surface area contributed by atoms with E-state index in [0.29, 0.717) is 5.78 Å². The molecule has 1 aliphatic heterocycles. The van der Waals surface area contributed by atoms with Crippen LogP contribution in [0.3, 0.4) is 0 Å². The maximum atomic E-state index is 12.4. The van der Waals surface area contributed by atoms with Gasteiger partial charge < -0.3 is 4.74 Å². The van der Waals surface area contributed by atoms with Gasteiger partial charge in [-0.3, -0.25) is 4.79 Å². The van der Waals surface area contributed by atoms with E-state index in [2.05, 4.69) is 34.6 Å². The molecule has 0 aromatic carbocycles. The summed E-state index contributed by atoms with van der Waals surface area (Å²) in [5.41, 5.74) is 1.42. The lowest BCUT2D eigenvalue weighted by Crippen LogP contribution is -2.68. The lowest BCUT2D eigenvalue weighted by Gasteiger charge is -2.56. The highest BCUT2D eigenvalue weighted by Crippen LogP contribution is 2.86. The molecule has 4 atom stereocenters. The van der Waals surface area contributed by atoms with Gasteiger partial charge in [0.2, 0.25) is 0 Å². The Labute approximate surface area is 90.7 Å². The molecule has 0 bridgehead atoms. The van der Waals surface area contributed by atoms with Gasteiger partial charge in [-0.1, -0.05) is 12.5 Å². The number of hydrogen-bond acceptors (Lipinski definition) is 2. The van der Waals surface area contributed by atoms with E-state index in [1.54, 1.807) is 0 Å². The van der Waals surface area contributed by atoms with E-state index in [0.717, 1.165) is 5.57 Å². The number of ether oxygens (including phenoxy) is 1. The predicted octanol–water partition coefficient (Wildman–Crippen LogP) is 2.48. The lowest BCUT2D eigenvalue weighted by molar-refractivity contribution is -0.140. The zero-order chi connectivity index (χ0) is 11.4. The lowest BCUT2D eigenvalue weighted by atomic mass is 9.40. The Kier molecular flexibility index (Phi) is 1.17. The number of carbonyl (C=O) groups is 1. The van der Waals surface area contributed by atoms with Gasteiger partial charge in [0, 0.05) is 5.41 Å². The Morgan fingerprint density at radius 1 is 0.933 bits per heavy atom. The Hall–Kier alpha value is -0.630. The quantitative estimate of drug-likeness (QED) is 0.570. The molecule has 3 rings (SSSR count). The zero-order valence-electron chi connectivity index (χ0n) is 10.3. The zero-order valence-corrected chi connectivity index (χ0v) is 10.3. The third-order valence-electron chi connectivity index (χ3n) is 6.29. The molecule has 82 valence electrons. The number of fused-ring (bicyclic) bond motifs is 4. The van der Waals surface area contributed by atoms with Crippen molar-refractivity contribution >= 4 is 5.78 Å². The summed E-state index contributed by atoms with van der Waals surface area (Å²) in [5, 5.41) is 0. The molecule has 0 radical (unpaired) electrons. The summed E-state index contributed by atoms with van der Waals surface area (Å²) < 4.78 is 5.91. The normalized spacial score (nSPS) is 61.3. The number of rotatable bonds is 0. The Morgan fingerprint density at radius 3 is 1.87 bits per heavy atom. The summed E-state index contributed by atoms with van der Waals surface area (Å²) in [6.45, 7) is 12.5. The maximum Gasteiger partial charge on any atom is 0.168 e. The molecule has 3 aliphatic rings. The molecule has 1 saturated carbocycles. The van der Waals surface area contributed by atoms with Crippen LogP contribution in [0.15, 0.2) is 11.1 Å². The largest absolute Gasteiger partial charge is 0.361 e. The molecule has 2 nitrogen and oxygen atoms in total. The fraction of sp³-hybridized carbons (Fsp3) is 0.769. The highest BCUT2D eigenvalue weighted by Gasteiger charge is 2.96. The van der Waals surface area contributed by atoms with Crippen molar-refractivity contribution in [3.05, 3.63) is 11.1 Å². The van der Waals surface area contributed by atoms with Crippen molar-refractivity contribution in [2.24, 2.45) is 10.8 Å². The average molecular weight is 206 g/mol. The number of Topliss-reactive ketones (excluding diaryl/α,β-unsaturated/α-hetero) is 1. The van der Waals surface area contributed by atoms with Crippen molar-refractivity contribution in [1.82, 2.24) is 0 Å². The second-order valence-corrected chi connectivity index (χ2v) is 6.00. The van der Waals surface area contributed by atoms with Crippen LogP contribution in [0.25, 0.3) is 0 Å². The molecule has 0 N–H and O–H groups in total. The van der Waals surface area contributed by atoms with Gasteiger partial charge in [-0.25, -0.2) is 0 Å². The minimum atomic E-state index is -0.330. The Morgan fingerprint density at radius 2 is 1.40 bits per heavy atom. The van der Waals surface area contributed by atoms with Gasteiger partial charge in [-0.2, -0.15) is 0 Å². The van der Waals surface area contributed by atoms with Gasteiger partial charge in [-0.05, 0) is 40.2 Å². The summed E-state index contributed by atoms with van der Waals surface area (Å²) in [4.78, 5) is 12.4. The van der Waals surface area contributed by atoms with Crippen molar-refractivity contribution in [2.45, 2.75) is 52.7 Å². The monoisotopic (exact) mass is 206 g/mol. The van der Waals surface area contributed by atoms with Crippen LogP contribution in [0.2, 0.25) is 0 Å². The van der Waals surface area contributed by atoms with E-state index >= 15 is 0 Å². The smallest absolute Gasteiger partial charge is 0.168 e. The Bertz CT molecular complexity index is 449.